The fourth-order valence-electron chi connectivity index (χ4n) is 6.67. The first kappa shape index (κ1) is 27.0. The molecule has 8 aromatic rings. The molecule has 3 heteroatoms. The topological polar surface area (TPSA) is 30.7 Å². The van der Waals surface area contributed by atoms with Gasteiger partial charge in [-0.1, -0.05) is 111 Å². The van der Waals surface area contributed by atoms with E-state index in [0.717, 1.165) is 40.0 Å². The molecule has 216 valence electrons. The van der Waals surface area contributed by atoms with Crippen molar-refractivity contribution >= 4 is 32.7 Å². The number of pyridine rings is 2. The van der Waals surface area contributed by atoms with E-state index in [1.54, 1.807) is 0 Å². The fraction of sp³-hybridized carbons (Fsp3) is 0.0952. The maximum absolute atomic E-state index is 4.89. The van der Waals surface area contributed by atoms with Gasteiger partial charge in [-0.15, -0.1) is 0 Å². The third-order valence-electron chi connectivity index (χ3n) is 8.74. The molecule has 0 N–H and O–H groups in total. The maximum Gasteiger partial charge on any atom is 0.0783 e. The molecule has 0 aliphatic heterocycles. The summed E-state index contributed by atoms with van der Waals surface area (Å²) in [4.78, 5) is 9.75. The van der Waals surface area contributed by atoms with E-state index in [0.29, 0.717) is 5.92 Å². The highest BCUT2D eigenvalue weighted by molar-refractivity contribution is 6.11. The van der Waals surface area contributed by atoms with Crippen LogP contribution >= 0.6 is 0 Å². The molecule has 3 aromatic heterocycles. The van der Waals surface area contributed by atoms with Gasteiger partial charge in [0.25, 0.3) is 0 Å². The van der Waals surface area contributed by atoms with Gasteiger partial charge in [0.1, 0.15) is 0 Å². The van der Waals surface area contributed by atoms with Crippen LogP contribution in [0, 0.1) is 5.92 Å². The highest BCUT2D eigenvalue weighted by Crippen LogP contribution is 2.37. The predicted octanol–water partition coefficient (Wildman–Crippen LogP) is 10.9. The maximum atomic E-state index is 4.89. The van der Waals surface area contributed by atoms with Crippen molar-refractivity contribution < 1.29 is 0 Å². The SMILES string of the molecule is CC(C)Cc1ccc(-c2ccc3c4ccccc4n(-c4cccc(-c5ccc(-c6ccccc6)cn5)c4)c3c2)c2ncccc12. The van der Waals surface area contributed by atoms with Crippen molar-refractivity contribution in [3.63, 3.8) is 0 Å². The summed E-state index contributed by atoms with van der Waals surface area (Å²) in [6.07, 6.45) is 4.91. The van der Waals surface area contributed by atoms with Crippen molar-refractivity contribution in [2.24, 2.45) is 5.92 Å². The van der Waals surface area contributed by atoms with Gasteiger partial charge in [0.15, 0.2) is 0 Å². The molecular weight excluding hydrogens is 546 g/mol. The summed E-state index contributed by atoms with van der Waals surface area (Å²) in [6.45, 7) is 4.54. The van der Waals surface area contributed by atoms with E-state index >= 15 is 0 Å². The molecule has 0 radical (unpaired) electrons. The molecule has 0 bridgehead atoms. The minimum Gasteiger partial charge on any atom is -0.309 e. The molecule has 0 spiro atoms. The third-order valence-corrected chi connectivity index (χ3v) is 8.74. The zero-order chi connectivity index (χ0) is 30.3. The predicted molar refractivity (Wildman–Crippen MR) is 189 cm³/mol. The van der Waals surface area contributed by atoms with E-state index in [1.807, 2.05) is 24.5 Å². The third kappa shape index (κ3) is 4.87. The number of hydrogen-bond donors (Lipinski definition) is 0. The molecule has 8 rings (SSSR count). The van der Waals surface area contributed by atoms with Crippen LogP contribution in [-0.4, -0.2) is 14.5 Å². The van der Waals surface area contributed by atoms with E-state index < -0.39 is 0 Å². The monoisotopic (exact) mass is 579 g/mol. The van der Waals surface area contributed by atoms with Crippen molar-refractivity contribution in [1.82, 2.24) is 14.5 Å². The van der Waals surface area contributed by atoms with Gasteiger partial charge in [-0.05, 0) is 65.4 Å². The van der Waals surface area contributed by atoms with Crippen LogP contribution in [0.1, 0.15) is 19.4 Å². The van der Waals surface area contributed by atoms with Crippen LogP contribution in [0.15, 0.2) is 146 Å². The number of nitrogens with zero attached hydrogens (tertiary/aromatic N) is 3. The number of benzene rings is 5. The van der Waals surface area contributed by atoms with Gasteiger partial charge in [0.05, 0.1) is 22.2 Å². The van der Waals surface area contributed by atoms with Crippen molar-refractivity contribution in [2.45, 2.75) is 20.3 Å². The van der Waals surface area contributed by atoms with Crippen LogP contribution < -0.4 is 0 Å². The van der Waals surface area contributed by atoms with Crippen LogP contribution in [0.2, 0.25) is 0 Å². The Balaban J connectivity index is 1.27. The van der Waals surface area contributed by atoms with E-state index in [1.165, 1.54) is 43.9 Å². The standard InChI is InChI=1S/C42H33N3/c1-28(2)24-30-17-20-36(42-35(30)15-9-23-43-42)31-18-21-38-37-14-6-7-16-40(37)45(41(38)26-31)34-13-8-12-32(25-34)39-22-19-33(27-44-39)29-10-4-3-5-11-29/h3-23,25-28H,24H2,1-2H3. The fourth-order valence-corrected chi connectivity index (χ4v) is 6.67. The second-order valence-electron chi connectivity index (χ2n) is 12.2. The second kappa shape index (κ2) is 11.2. The molecular formula is C42H33N3. The zero-order valence-electron chi connectivity index (χ0n) is 25.5. The number of para-hydroxylation sites is 1. The van der Waals surface area contributed by atoms with Crippen LogP contribution in [0.25, 0.3) is 71.9 Å². The van der Waals surface area contributed by atoms with Crippen LogP contribution in [0.4, 0.5) is 0 Å². The molecule has 0 saturated carbocycles. The van der Waals surface area contributed by atoms with Crippen molar-refractivity contribution in [2.75, 3.05) is 0 Å². The largest absolute Gasteiger partial charge is 0.309 e. The Morgan fingerprint density at radius 3 is 2.18 bits per heavy atom. The molecule has 0 unspecified atom stereocenters. The van der Waals surface area contributed by atoms with E-state index in [2.05, 4.69) is 140 Å². The normalized spacial score (nSPS) is 11.6. The van der Waals surface area contributed by atoms with Crippen molar-refractivity contribution in [3.05, 3.63) is 151 Å². The second-order valence-corrected chi connectivity index (χ2v) is 12.2. The van der Waals surface area contributed by atoms with Crippen molar-refractivity contribution in [3.8, 4) is 39.2 Å². The van der Waals surface area contributed by atoms with E-state index in [9.17, 15) is 0 Å². The Kier molecular flexibility index (Phi) is 6.72. The first-order valence-corrected chi connectivity index (χ1v) is 15.7. The number of aromatic nitrogens is 3. The highest BCUT2D eigenvalue weighted by Gasteiger charge is 2.16. The van der Waals surface area contributed by atoms with Crippen LogP contribution in [0.3, 0.4) is 0 Å². The molecule has 45 heavy (non-hydrogen) atoms. The van der Waals surface area contributed by atoms with Crippen LogP contribution in [-0.2, 0) is 6.42 Å². The molecule has 5 aromatic carbocycles. The molecule has 0 amide bonds. The lowest BCUT2D eigenvalue weighted by Crippen LogP contribution is -1.97. The van der Waals surface area contributed by atoms with Gasteiger partial charge < -0.3 is 4.57 Å². The Morgan fingerprint density at radius 1 is 0.556 bits per heavy atom. The molecule has 3 nitrogen and oxygen atoms in total. The average molecular weight is 580 g/mol. The van der Waals surface area contributed by atoms with Gasteiger partial charge in [0, 0.05) is 50.9 Å². The molecule has 0 aliphatic rings. The molecule has 3 heterocycles. The minimum atomic E-state index is 0.582. The van der Waals surface area contributed by atoms with Gasteiger partial charge in [0.2, 0.25) is 0 Å². The van der Waals surface area contributed by atoms with Crippen LogP contribution in [0.5, 0.6) is 0 Å². The molecule has 0 atom stereocenters. The van der Waals surface area contributed by atoms with Crippen molar-refractivity contribution in [1.29, 1.82) is 0 Å². The van der Waals surface area contributed by atoms with E-state index in [-0.39, 0.29) is 0 Å². The first-order chi connectivity index (χ1) is 22.1. The summed E-state index contributed by atoms with van der Waals surface area (Å²) >= 11 is 0. The Hall–Kier alpha value is -5.54. The van der Waals surface area contributed by atoms with E-state index in [4.69, 9.17) is 9.97 Å². The lowest BCUT2D eigenvalue weighted by Gasteiger charge is -2.14. The summed E-state index contributed by atoms with van der Waals surface area (Å²) < 4.78 is 2.39. The van der Waals surface area contributed by atoms with Gasteiger partial charge in [-0.3, -0.25) is 9.97 Å². The quantitative estimate of drug-likeness (QED) is 0.196. The highest BCUT2D eigenvalue weighted by atomic mass is 15.0. The lowest BCUT2D eigenvalue weighted by atomic mass is 9.94. The van der Waals surface area contributed by atoms with Gasteiger partial charge in [-0.25, -0.2) is 0 Å². The van der Waals surface area contributed by atoms with Gasteiger partial charge >= 0.3 is 0 Å². The average Bonchev–Trinajstić information content (AvgIpc) is 3.42. The molecule has 0 fully saturated rings. The summed E-state index contributed by atoms with van der Waals surface area (Å²) in [5.41, 5.74) is 12.5. The molecule has 0 saturated heterocycles. The first-order valence-electron chi connectivity index (χ1n) is 15.7. The Morgan fingerprint density at radius 2 is 1.33 bits per heavy atom. The number of rotatable bonds is 6. The summed E-state index contributed by atoms with van der Waals surface area (Å²) in [7, 11) is 0. The minimum absolute atomic E-state index is 0.582. The summed E-state index contributed by atoms with van der Waals surface area (Å²) in [5.74, 6) is 0.582. The Bertz CT molecular complexity index is 2310. The van der Waals surface area contributed by atoms with Gasteiger partial charge in [-0.2, -0.15) is 0 Å². The lowest BCUT2D eigenvalue weighted by molar-refractivity contribution is 0.650. The summed E-state index contributed by atoms with van der Waals surface area (Å²) in [5, 5.41) is 3.71. The smallest absolute Gasteiger partial charge is 0.0783 e. The number of hydrogen-bond acceptors (Lipinski definition) is 2. The number of fused-ring (bicyclic) bond motifs is 4. The zero-order valence-corrected chi connectivity index (χ0v) is 25.5. The summed E-state index contributed by atoms with van der Waals surface area (Å²) in [6, 6.07) is 47.7. The Labute approximate surface area is 263 Å². The molecule has 0 aliphatic carbocycles.